The van der Waals surface area contributed by atoms with E-state index in [0.717, 1.165) is 54.6 Å². The summed E-state index contributed by atoms with van der Waals surface area (Å²) in [5.74, 6) is 0.621. The zero-order valence-electron chi connectivity index (χ0n) is 17.3. The molecule has 0 atom stereocenters. The Morgan fingerprint density at radius 3 is 2.80 bits per heavy atom. The number of benzene rings is 2. The molecule has 30 heavy (non-hydrogen) atoms. The molecule has 4 rings (SSSR count). The lowest BCUT2D eigenvalue weighted by Gasteiger charge is -2.27. The van der Waals surface area contributed by atoms with Crippen molar-refractivity contribution in [1.82, 2.24) is 9.88 Å². The maximum absolute atomic E-state index is 13.1. The van der Waals surface area contributed by atoms with Gasteiger partial charge in [-0.2, -0.15) is 0 Å². The van der Waals surface area contributed by atoms with Crippen molar-refractivity contribution in [3.8, 4) is 5.75 Å². The Balaban J connectivity index is 1.46. The number of carbonyl (C=O) groups excluding carboxylic acids is 1. The van der Waals surface area contributed by atoms with Crippen molar-refractivity contribution in [1.29, 1.82) is 0 Å². The van der Waals surface area contributed by atoms with Gasteiger partial charge in [0.2, 0.25) is 0 Å². The van der Waals surface area contributed by atoms with Crippen molar-refractivity contribution >= 4 is 32.6 Å². The molecule has 1 aliphatic heterocycles. The fourth-order valence-electron chi connectivity index (χ4n) is 3.48. The van der Waals surface area contributed by atoms with Crippen LogP contribution < -0.4 is 9.64 Å². The molecule has 0 spiro atoms. The number of aryl methyl sites for hydroxylation is 1. The van der Waals surface area contributed by atoms with Gasteiger partial charge in [-0.05, 0) is 43.2 Å². The van der Waals surface area contributed by atoms with Crippen LogP contribution >= 0.6 is 11.3 Å². The molecule has 0 unspecified atom stereocenters. The lowest BCUT2D eigenvalue weighted by Crippen LogP contribution is -2.40. The summed E-state index contributed by atoms with van der Waals surface area (Å²) in [7, 11) is 0. The molecular formula is C23H27N3O3S. The minimum absolute atomic E-state index is 0.00345. The van der Waals surface area contributed by atoms with E-state index in [0.29, 0.717) is 12.3 Å². The molecule has 3 aromatic rings. The summed E-state index contributed by atoms with van der Waals surface area (Å²) in [6, 6.07) is 15.6. The van der Waals surface area contributed by atoms with Gasteiger partial charge in [-0.3, -0.25) is 14.6 Å². The number of hydrogen-bond donors (Lipinski definition) is 0. The van der Waals surface area contributed by atoms with Gasteiger partial charge in [0.15, 0.2) is 11.7 Å². The van der Waals surface area contributed by atoms with Gasteiger partial charge in [-0.25, -0.2) is 4.98 Å². The third-order valence-electron chi connectivity index (χ3n) is 5.13. The first-order valence-corrected chi connectivity index (χ1v) is 11.2. The Morgan fingerprint density at radius 2 is 2.00 bits per heavy atom. The van der Waals surface area contributed by atoms with Crippen molar-refractivity contribution < 1.29 is 14.3 Å². The van der Waals surface area contributed by atoms with Gasteiger partial charge < -0.3 is 9.47 Å². The molecule has 2 aromatic carbocycles. The van der Waals surface area contributed by atoms with E-state index in [4.69, 9.17) is 14.5 Å². The monoisotopic (exact) mass is 425 g/mol. The second-order valence-corrected chi connectivity index (χ2v) is 8.43. The van der Waals surface area contributed by atoms with Gasteiger partial charge in [0.25, 0.3) is 5.91 Å². The second kappa shape index (κ2) is 10.0. The Morgan fingerprint density at radius 1 is 1.20 bits per heavy atom. The summed E-state index contributed by atoms with van der Waals surface area (Å²) < 4.78 is 12.2. The zero-order valence-corrected chi connectivity index (χ0v) is 18.1. The molecule has 2 heterocycles. The van der Waals surface area contributed by atoms with Crippen LogP contribution in [-0.4, -0.2) is 61.8 Å². The third kappa shape index (κ3) is 5.36. The van der Waals surface area contributed by atoms with Crippen molar-refractivity contribution in [3.63, 3.8) is 0 Å². The predicted molar refractivity (Wildman–Crippen MR) is 121 cm³/mol. The number of para-hydroxylation sites is 1. The van der Waals surface area contributed by atoms with Gasteiger partial charge in [0.05, 0.1) is 23.4 Å². The Labute approximate surface area is 181 Å². The van der Waals surface area contributed by atoms with Crippen LogP contribution in [-0.2, 0) is 9.53 Å². The van der Waals surface area contributed by atoms with Crippen LogP contribution in [0, 0.1) is 6.92 Å². The summed E-state index contributed by atoms with van der Waals surface area (Å²) >= 11 is 1.56. The number of rotatable bonds is 8. The van der Waals surface area contributed by atoms with Crippen LogP contribution in [0.4, 0.5) is 5.13 Å². The summed E-state index contributed by atoms with van der Waals surface area (Å²) in [5, 5.41) is 0.735. The Bertz CT molecular complexity index is 970. The van der Waals surface area contributed by atoms with Crippen LogP contribution in [0.25, 0.3) is 10.2 Å². The molecule has 0 saturated carbocycles. The predicted octanol–water partition coefficient (Wildman–Crippen LogP) is 3.74. The summed E-state index contributed by atoms with van der Waals surface area (Å²) in [6.07, 6.45) is 0.881. The highest BCUT2D eigenvalue weighted by Crippen LogP contribution is 2.30. The molecule has 1 fully saturated rings. The summed E-state index contributed by atoms with van der Waals surface area (Å²) in [5.41, 5.74) is 2.12. The largest absolute Gasteiger partial charge is 0.484 e. The molecule has 0 radical (unpaired) electrons. The summed E-state index contributed by atoms with van der Waals surface area (Å²) in [4.78, 5) is 22.0. The average molecular weight is 426 g/mol. The zero-order chi connectivity index (χ0) is 20.8. The number of ether oxygens (including phenoxy) is 2. The van der Waals surface area contributed by atoms with Gasteiger partial charge in [0.1, 0.15) is 5.75 Å². The normalized spacial score (nSPS) is 14.7. The van der Waals surface area contributed by atoms with Crippen molar-refractivity contribution in [3.05, 3.63) is 54.1 Å². The molecule has 7 heteroatoms. The highest BCUT2D eigenvalue weighted by molar-refractivity contribution is 7.22. The lowest BCUT2D eigenvalue weighted by atomic mass is 10.2. The van der Waals surface area contributed by atoms with Crippen molar-refractivity contribution in [2.75, 3.05) is 50.9 Å². The van der Waals surface area contributed by atoms with E-state index in [2.05, 4.69) is 24.0 Å². The summed E-state index contributed by atoms with van der Waals surface area (Å²) in [6.45, 7) is 7.09. The van der Waals surface area contributed by atoms with Crippen LogP contribution in [0.3, 0.4) is 0 Å². The first-order valence-electron chi connectivity index (χ1n) is 10.3. The SMILES string of the molecule is Cc1ccc2nc(N(CCCN3CCOCC3)C(=O)COc3ccccc3)sc2c1. The van der Waals surface area contributed by atoms with E-state index >= 15 is 0 Å². The Kier molecular flexibility index (Phi) is 6.94. The van der Waals surface area contributed by atoms with E-state index in [1.54, 1.807) is 16.2 Å². The maximum atomic E-state index is 13.1. The molecule has 1 saturated heterocycles. The molecule has 1 aliphatic rings. The van der Waals surface area contributed by atoms with Crippen LogP contribution in [0.15, 0.2) is 48.5 Å². The van der Waals surface area contributed by atoms with E-state index in [-0.39, 0.29) is 12.5 Å². The standard InChI is InChI=1S/C23H27N3O3S/c1-18-8-9-20-21(16-18)30-23(24-20)26(11-5-10-25-12-14-28-15-13-25)22(27)17-29-19-6-3-2-4-7-19/h2-4,6-9,16H,5,10-15,17H2,1H3. The highest BCUT2D eigenvalue weighted by atomic mass is 32.1. The number of amides is 1. The van der Waals surface area contributed by atoms with E-state index in [9.17, 15) is 4.79 Å². The van der Waals surface area contributed by atoms with Gasteiger partial charge in [-0.1, -0.05) is 35.6 Å². The molecule has 158 valence electrons. The first kappa shape index (κ1) is 20.8. The highest BCUT2D eigenvalue weighted by Gasteiger charge is 2.21. The van der Waals surface area contributed by atoms with Gasteiger partial charge in [0, 0.05) is 26.2 Å². The number of nitrogens with zero attached hydrogens (tertiary/aromatic N) is 3. The molecule has 0 aliphatic carbocycles. The second-order valence-electron chi connectivity index (χ2n) is 7.42. The maximum Gasteiger partial charge on any atom is 0.266 e. The minimum Gasteiger partial charge on any atom is -0.484 e. The topological polar surface area (TPSA) is 54.9 Å². The lowest BCUT2D eigenvalue weighted by molar-refractivity contribution is -0.120. The molecule has 1 aromatic heterocycles. The van der Waals surface area contributed by atoms with Crippen LogP contribution in [0.5, 0.6) is 5.75 Å². The fourth-order valence-corrected chi connectivity index (χ4v) is 4.59. The first-order chi connectivity index (χ1) is 14.7. The number of anilines is 1. The quantitative estimate of drug-likeness (QED) is 0.550. The van der Waals surface area contributed by atoms with Crippen LogP contribution in [0.1, 0.15) is 12.0 Å². The molecule has 1 amide bonds. The molecule has 0 bridgehead atoms. The smallest absolute Gasteiger partial charge is 0.266 e. The molecular weight excluding hydrogens is 398 g/mol. The van der Waals surface area contributed by atoms with Gasteiger partial charge >= 0.3 is 0 Å². The van der Waals surface area contributed by atoms with E-state index in [1.165, 1.54) is 5.56 Å². The molecule has 6 nitrogen and oxygen atoms in total. The Hall–Kier alpha value is -2.48. The number of thiazole rings is 1. The average Bonchev–Trinajstić information content (AvgIpc) is 3.19. The van der Waals surface area contributed by atoms with Crippen LogP contribution in [0.2, 0.25) is 0 Å². The van der Waals surface area contributed by atoms with Crippen molar-refractivity contribution in [2.24, 2.45) is 0 Å². The minimum atomic E-state index is -0.0726. The van der Waals surface area contributed by atoms with Gasteiger partial charge in [-0.15, -0.1) is 0 Å². The van der Waals surface area contributed by atoms with Crippen molar-refractivity contribution in [2.45, 2.75) is 13.3 Å². The third-order valence-corrected chi connectivity index (χ3v) is 6.17. The fraction of sp³-hybridized carbons (Fsp3) is 0.391. The van der Waals surface area contributed by atoms with E-state index < -0.39 is 0 Å². The number of fused-ring (bicyclic) bond motifs is 1. The number of carbonyl (C=O) groups is 1. The molecule has 0 N–H and O–H groups in total. The number of morpholine rings is 1. The number of aromatic nitrogens is 1. The number of hydrogen-bond acceptors (Lipinski definition) is 6. The van der Waals surface area contributed by atoms with E-state index in [1.807, 2.05) is 36.4 Å².